The van der Waals surface area contributed by atoms with Crippen LogP contribution in [0, 0.1) is 0 Å². The Morgan fingerprint density at radius 1 is 1.05 bits per heavy atom. The molecular weight excluding hydrogens is 333 g/mol. The molecule has 2 aromatic carbocycles. The smallest absolute Gasteiger partial charge is 0.265 e. The molecule has 1 N–H and O–H groups in total. The summed E-state index contributed by atoms with van der Waals surface area (Å²) in [5.74, 6) is 0.211. The number of ether oxygens (including phenoxy) is 1. The van der Waals surface area contributed by atoms with Gasteiger partial charge in [-0.2, -0.15) is 0 Å². The number of nitrogens with one attached hydrogen (secondary N) is 1. The van der Waals surface area contributed by atoms with E-state index in [9.17, 15) is 4.79 Å². The number of benzene rings is 2. The van der Waals surface area contributed by atoms with Crippen LogP contribution in [-0.4, -0.2) is 12.0 Å². The monoisotopic (exact) mass is 343 g/mol. The summed E-state index contributed by atoms with van der Waals surface area (Å²) in [6, 6.07) is 11.7. The number of hydrogen-bond acceptors (Lipinski definition) is 2. The molecule has 0 heterocycles. The van der Waals surface area contributed by atoms with Crippen molar-refractivity contribution in [2.75, 3.05) is 5.32 Å². The lowest BCUT2D eigenvalue weighted by Gasteiger charge is -2.15. The van der Waals surface area contributed by atoms with Crippen molar-refractivity contribution in [1.82, 2.24) is 0 Å². The highest BCUT2D eigenvalue weighted by Crippen LogP contribution is 2.23. The van der Waals surface area contributed by atoms with E-state index in [1.54, 1.807) is 49.4 Å². The third-order valence-corrected chi connectivity index (χ3v) is 3.28. The summed E-state index contributed by atoms with van der Waals surface area (Å²) in [5.41, 5.74) is 0.513. The van der Waals surface area contributed by atoms with Crippen LogP contribution in [0.5, 0.6) is 5.75 Å². The lowest BCUT2D eigenvalue weighted by molar-refractivity contribution is -0.122. The highest BCUT2D eigenvalue weighted by Gasteiger charge is 2.15. The minimum absolute atomic E-state index is 0.312. The number of carbonyl (C=O) groups is 1. The molecule has 0 unspecified atom stereocenters. The topological polar surface area (TPSA) is 38.3 Å². The summed E-state index contributed by atoms with van der Waals surface area (Å²) in [4.78, 5) is 12.1. The SMILES string of the molecule is C[C@H](Oc1cccc(Cl)c1)C(=O)Nc1cc(Cl)cc(Cl)c1. The number of anilines is 1. The molecule has 0 spiro atoms. The first-order valence-corrected chi connectivity index (χ1v) is 7.26. The maximum Gasteiger partial charge on any atom is 0.265 e. The van der Waals surface area contributed by atoms with Gasteiger partial charge in [0.05, 0.1) is 0 Å². The Morgan fingerprint density at radius 2 is 1.71 bits per heavy atom. The van der Waals surface area contributed by atoms with Crippen molar-refractivity contribution in [3.8, 4) is 5.75 Å². The van der Waals surface area contributed by atoms with Gasteiger partial charge in [-0.15, -0.1) is 0 Å². The molecular formula is C15H12Cl3NO2. The maximum atomic E-state index is 12.1. The van der Waals surface area contributed by atoms with Crippen molar-refractivity contribution in [1.29, 1.82) is 0 Å². The van der Waals surface area contributed by atoms with Crippen molar-refractivity contribution in [2.45, 2.75) is 13.0 Å². The average Bonchev–Trinajstić information content (AvgIpc) is 2.37. The molecule has 0 aliphatic rings. The largest absolute Gasteiger partial charge is 0.481 e. The van der Waals surface area contributed by atoms with Gasteiger partial charge in [0.1, 0.15) is 5.75 Å². The van der Waals surface area contributed by atoms with Crippen LogP contribution in [0.1, 0.15) is 6.92 Å². The quantitative estimate of drug-likeness (QED) is 0.842. The van der Waals surface area contributed by atoms with E-state index in [0.717, 1.165) is 0 Å². The van der Waals surface area contributed by atoms with Crippen molar-refractivity contribution < 1.29 is 9.53 Å². The van der Waals surface area contributed by atoms with Crippen LogP contribution in [0.25, 0.3) is 0 Å². The second-order valence-electron chi connectivity index (χ2n) is 4.36. The molecule has 21 heavy (non-hydrogen) atoms. The molecule has 2 aromatic rings. The Labute approximate surface area is 137 Å². The number of halogens is 3. The predicted octanol–water partition coefficient (Wildman–Crippen LogP) is 5.05. The Morgan fingerprint density at radius 3 is 2.33 bits per heavy atom. The van der Waals surface area contributed by atoms with Crippen molar-refractivity contribution in [3.63, 3.8) is 0 Å². The third kappa shape index (κ3) is 4.81. The molecule has 1 atom stereocenters. The van der Waals surface area contributed by atoms with Crippen LogP contribution in [0.3, 0.4) is 0 Å². The zero-order chi connectivity index (χ0) is 15.4. The van der Waals surface area contributed by atoms with Crippen LogP contribution < -0.4 is 10.1 Å². The van der Waals surface area contributed by atoms with E-state index in [-0.39, 0.29) is 5.91 Å². The van der Waals surface area contributed by atoms with Gasteiger partial charge < -0.3 is 10.1 Å². The van der Waals surface area contributed by atoms with Crippen LogP contribution in [0.2, 0.25) is 15.1 Å². The van der Waals surface area contributed by atoms with E-state index in [1.165, 1.54) is 0 Å². The van der Waals surface area contributed by atoms with Gasteiger partial charge >= 0.3 is 0 Å². The number of rotatable bonds is 4. The predicted molar refractivity (Wildman–Crippen MR) is 86.6 cm³/mol. The normalized spacial score (nSPS) is 11.8. The Balaban J connectivity index is 2.02. The summed E-state index contributed by atoms with van der Waals surface area (Å²) < 4.78 is 5.53. The van der Waals surface area contributed by atoms with E-state index in [2.05, 4.69) is 5.32 Å². The average molecular weight is 345 g/mol. The second-order valence-corrected chi connectivity index (χ2v) is 5.67. The first-order valence-electron chi connectivity index (χ1n) is 6.13. The van der Waals surface area contributed by atoms with Crippen molar-refractivity contribution in [2.24, 2.45) is 0 Å². The van der Waals surface area contributed by atoms with E-state index < -0.39 is 6.10 Å². The third-order valence-electron chi connectivity index (χ3n) is 2.61. The first-order chi connectivity index (χ1) is 9.94. The summed E-state index contributed by atoms with van der Waals surface area (Å²) in [5, 5.41) is 4.13. The van der Waals surface area contributed by atoms with Gasteiger partial charge in [0.2, 0.25) is 0 Å². The van der Waals surface area contributed by atoms with Crippen LogP contribution >= 0.6 is 34.8 Å². The number of hydrogen-bond donors (Lipinski definition) is 1. The molecule has 110 valence electrons. The fraction of sp³-hybridized carbons (Fsp3) is 0.133. The van der Waals surface area contributed by atoms with Gasteiger partial charge in [-0.25, -0.2) is 0 Å². The Hall–Kier alpha value is -1.42. The second kappa shape index (κ2) is 7.03. The van der Waals surface area contributed by atoms with Crippen LogP contribution in [0.15, 0.2) is 42.5 Å². The van der Waals surface area contributed by atoms with Gasteiger partial charge in [0.25, 0.3) is 5.91 Å². The molecule has 2 rings (SSSR count). The maximum absolute atomic E-state index is 12.1. The molecule has 3 nitrogen and oxygen atoms in total. The van der Waals surface area contributed by atoms with Gasteiger partial charge in [-0.3, -0.25) is 4.79 Å². The molecule has 1 amide bonds. The highest BCUT2D eigenvalue weighted by molar-refractivity contribution is 6.35. The number of amides is 1. The fourth-order valence-electron chi connectivity index (χ4n) is 1.67. The lowest BCUT2D eigenvalue weighted by atomic mass is 10.3. The molecule has 0 aliphatic carbocycles. The van der Waals surface area contributed by atoms with Crippen LogP contribution in [0.4, 0.5) is 5.69 Å². The molecule has 0 saturated heterocycles. The summed E-state index contributed by atoms with van der Waals surface area (Å²) in [6.45, 7) is 1.64. The van der Waals surface area contributed by atoms with Gasteiger partial charge in [0, 0.05) is 20.8 Å². The van der Waals surface area contributed by atoms with Crippen molar-refractivity contribution >= 4 is 46.4 Å². The summed E-state index contributed by atoms with van der Waals surface area (Å²) >= 11 is 17.6. The highest BCUT2D eigenvalue weighted by atomic mass is 35.5. The van der Waals surface area contributed by atoms with Gasteiger partial charge in [-0.1, -0.05) is 40.9 Å². The molecule has 0 bridgehead atoms. The van der Waals surface area contributed by atoms with E-state index in [0.29, 0.717) is 26.5 Å². The van der Waals surface area contributed by atoms with Gasteiger partial charge in [0.15, 0.2) is 6.10 Å². The minimum Gasteiger partial charge on any atom is -0.481 e. The summed E-state index contributed by atoms with van der Waals surface area (Å²) in [6.07, 6.45) is -0.693. The molecule has 0 radical (unpaired) electrons. The molecule has 0 saturated carbocycles. The Bertz CT molecular complexity index is 641. The lowest BCUT2D eigenvalue weighted by Crippen LogP contribution is -2.30. The molecule has 6 heteroatoms. The first kappa shape index (κ1) is 16.0. The van der Waals surface area contributed by atoms with Crippen molar-refractivity contribution in [3.05, 3.63) is 57.5 Å². The van der Waals surface area contributed by atoms with E-state index in [4.69, 9.17) is 39.5 Å². The van der Waals surface area contributed by atoms with E-state index in [1.807, 2.05) is 0 Å². The summed E-state index contributed by atoms with van der Waals surface area (Å²) in [7, 11) is 0. The molecule has 0 aromatic heterocycles. The zero-order valence-electron chi connectivity index (χ0n) is 11.1. The zero-order valence-corrected chi connectivity index (χ0v) is 13.3. The fourth-order valence-corrected chi connectivity index (χ4v) is 2.37. The van der Waals surface area contributed by atoms with E-state index >= 15 is 0 Å². The van der Waals surface area contributed by atoms with Crippen LogP contribution in [-0.2, 0) is 4.79 Å². The Kier molecular flexibility index (Phi) is 5.34. The standard InChI is InChI=1S/C15H12Cl3NO2/c1-9(21-14-4-2-3-10(16)8-14)15(20)19-13-6-11(17)5-12(18)7-13/h2-9H,1H3,(H,19,20)/t9-/m0/s1. The molecule has 0 aliphatic heterocycles. The molecule has 0 fully saturated rings. The van der Waals surface area contributed by atoms with Gasteiger partial charge in [-0.05, 0) is 43.3 Å². The minimum atomic E-state index is -0.693. The number of carbonyl (C=O) groups excluding carboxylic acids is 1.